The molecule has 0 bridgehead atoms. The quantitative estimate of drug-likeness (QED) is 0.0594. The van der Waals surface area contributed by atoms with Crippen LogP contribution in [0.15, 0.2) is 35.4 Å². The molecule has 1 aromatic rings. The lowest BCUT2D eigenvalue weighted by molar-refractivity contribution is -0.289. The first-order chi connectivity index (χ1) is 28.3. The van der Waals surface area contributed by atoms with Crippen molar-refractivity contribution in [3.63, 3.8) is 0 Å². The van der Waals surface area contributed by atoms with Crippen molar-refractivity contribution in [2.45, 2.75) is 155 Å². The van der Waals surface area contributed by atoms with E-state index in [1.165, 1.54) is 4.90 Å². The molecule has 0 aromatic heterocycles. The Hall–Kier alpha value is -3.79. The normalized spacial score (nSPS) is 38.2. The summed E-state index contributed by atoms with van der Waals surface area (Å²) in [4.78, 5) is 62.5. The average molecular weight is 844 g/mol. The number of carbonyl (C=O) groups excluding carboxylic acids is 4. The van der Waals surface area contributed by atoms with Gasteiger partial charge >= 0.3 is 18.0 Å². The van der Waals surface area contributed by atoms with Crippen molar-refractivity contribution in [1.82, 2.24) is 9.80 Å². The number of esters is 2. The molecule has 1 N–H and O–H groups in total. The van der Waals surface area contributed by atoms with Crippen LogP contribution in [0.25, 0.3) is 10.4 Å². The number of azide groups is 1. The van der Waals surface area contributed by atoms with Crippen molar-refractivity contribution in [3.05, 3.63) is 46.3 Å². The zero-order valence-corrected chi connectivity index (χ0v) is 37.6. The molecule has 1 amide bonds. The number of nitrogens with zero attached hydrogens (tertiary/aromatic N) is 5. The number of hydrogen-bond donors (Lipinski definition) is 1. The van der Waals surface area contributed by atoms with Gasteiger partial charge in [0.25, 0.3) is 0 Å². The summed E-state index contributed by atoms with van der Waals surface area (Å²) >= 11 is 0. The summed E-state index contributed by atoms with van der Waals surface area (Å²) in [6.45, 7) is 16.7. The van der Waals surface area contributed by atoms with E-state index in [0.717, 1.165) is 0 Å². The summed E-state index contributed by atoms with van der Waals surface area (Å²) in [7, 11) is 5.38. The van der Waals surface area contributed by atoms with Gasteiger partial charge in [-0.15, -0.1) is 0 Å². The van der Waals surface area contributed by atoms with Gasteiger partial charge in [-0.05, 0) is 91.6 Å². The van der Waals surface area contributed by atoms with Crippen LogP contribution in [-0.4, -0.2) is 133 Å². The third kappa shape index (κ3) is 10.6. The second kappa shape index (κ2) is 20.9. The largest absolute Gasteiger partial charge is 0.458 e. The molecule has 3 unspecified atom stereocenters. The van der Waals surface area contributed by atoms with E-state index in [1.54, 1.807) is 59.1 Å². The Morgan fingerprint density at radius 1 is 1.03 bits per heavy atom. The number of fused-ring (bicyclic) bond motifs is 1. The Bertz CT molecular complexity index is 1680. The van der Waals surface area contributed by atoms with Gasteiger partial charge in [-0.25, -0.2) is 9.59 Å². The number of Topliss-reactive ketones (excluding diaryl/α,β-unsaturated/α-hetero) is 1. The summed E-state index contributed by atoms with van der Waals surface area (Å²) in [6.07, 6.45) is -4.01. The maximum absolute atomic E-state index is 14.7. The molecule has 15 atom stereocenters. The fraction of sp³-hybridized carbons (Fsp3) is 0.773. The van der Waals surface area contributed by atoms with E-state index in [4.69, 9.17) is 34.0 Å². The second-order valence-corrected chi connectivity index (χ2v) is 17.8. The lowest BCUT2D eigenvalue weighted by Gasteiger charge is -2.48. The molecule has 0 saturated carbocycles. The van der Waals surface area contributed by atoms with Crippen molar-refractivity contribution in [2.24, 2.45) is 34.7 Å². The summed E-state index contributed by atoms with van der Waals surface area (Å²) in [5.41, 5.74) is 6.64. The van der Waals surface area contributed by atoms with Crippen LogP contribution in [0.2, 0.25) is 0 Å². The van der Waals surface area contributed by atoms with Gasteiger partial charge in [0.1, 0.15) is 11.9 Å². The molecule has 3 heterocycles. The lowest BCUT2D eigenvalue weighted by Crippen LogP contribution is -2.59. The fourth-order valence-electron chi connectivity index (χ4n) is 9.63. The second-order valence-electron chi connectivity index (χ2n) is 17.8. The van der Waals surface area contributed by atoms with Crippen molar-refractivity contribution >= 4 is 23.8 Å². The van der Waals surface area contributed by atoms with Crippen molar-refractivity contribution < 1.29 is 52.7 Å². The van der Waals surface area contributed by atoms with Crippen LogP contribution in [0.4, 0.5) is 4.79 Å². The van der Waals surface area contributed by atoms with Crippen LogP contribution >= 0.6 is 0 Å². The standard InChI is InChI=1S/C44H69N5O11/c1-13-33-44(9)38(49(42(54)60-44)22-18-17-21-46-47-45)28(5)34(50)25(2)24-43(8,55-12)30(7)36(27(4)35(51)29(6)39(52)57-33)59-41-37(32(48(10)11)23-26(3)56-41)58-40(53)31-19-15-14-16-20-31/h14-16,19-20,25-30,32-33,35-38,41,51H,13,17-18,21-24H2,1-12H3/t25-,26-,27+,28+,29-,30+,32?,33?,35+,36?,37-,38-,41+,43+,44-/m1/s1. The van der Waals surface area contributed by atoms with Gasteiger partial charge in [-0.2, -0.15) is 0 Å². The highest BCUT2D eigenvalue weighted by atomic mass is 16.7. The van der Waals surface area contributed by atoms with Crippen LogP contribution in [0.5, 0.6) is 0 Å². The first-order valence-corrected chi connectivity index (χ1v) is 21.5. The van der Waals surface area contributed by atoms with E-state index < -0.39 is 95.6 Å². The minimum Gasteiger partial charge on any atom is -0.458 e. The summed E-state index contributed by atoms with van der Waals surface area (Å²) in [5, 5.41) is 15.8. The zero-order valence-electron chi connectivity index (χ0n) is 37.6. The molecule has 3 aliphatic heterocycles. The molecule has 4 rings (SSSR count). The maximum Gasteiger partial charge on any atom is 0.410 e. The van der Waals surface area contributed by atoms with Gasteiger partial charge in [-0.1, -0.05) is 57.9 Å². The molecule has 336 valence electrons. The Labute approximate surface area is 355 Å². The Kier molecular flexibility index (Phi) is 17.0. The van der Waals surface area contributed by atoms with Crippen molar-refractivity contribution in [2.75, 3.05) is 34.3 Å². The Morgan fingerprint density at radius 3 is 2.30 bits per heavy atom. The average Bonchev–Trinajstić information content (AvgIpc) is 3.48. The molecule has 3 fully saturated rings. The third-order valence-corrected chi connectivity index (χ3v) is 13.5. The predicted octanol–water partition coefficient (Wildman–Crippen LogP) is 6.57. The smallest absolute Gasteiger partial charge is 0.410 e. The molecule has 60 heavy (non-hydrogen) atoms. The number of likely N-dealkylation sites (N-methyl/N-ethyl adjacent to an activating group) is 1. The number of ketones is 1. The molecule has 1 aromatic carbocycles. The topological polar surface area (TPSA) is 199 Å². The highest BCUT2D eigenvalue weighted by Crippen LogP contribution is 2.44. The van der Waals surface area contributed by atoms with Crippen LogP contribution in [-0.2, 0) is 38.0 Å². The molecular formula is C44H69N5O11. The van der Waals surface area contributed by atoms with Crippen LogP contribution in [0.3, 0.4) is 0 Å². The number of hydrogen-bond acceptors (Lipinski definition) is 13. The minimum atomic E-state index is -1.43. The van der Waals surface area contributed by atoms with Crippen LogP contribution in [0, 0.1) is 29.6 Å². The van der Waals surface area contributed by atoms with Crippen LogP contribution < -0.4 is 0 Å². The first-order valence-electron chi connectivity index (χ1n) is 21.5. The summed E-state index contributed by atoms with van der Waals surface area (Å²) in [5.74, 6) is -5.14. The number of methoxy groups -OCH3 is 1. The van der Waals surface area contributed by atoms with E-state index in [2.05, 4.69) is 10.0 Å². The molecule has 16 nitrogen and oxygen atoms in total. The maximum atomic E-state index is 14.7. The SMILES string of the molecule is CCC1OC(=O)[C@H](C)[C@@H](O)[C@H](C)C(O[C@@H]2O[C@H](C)CC(N(C)C)[C@H]2OC(=O)c2ccccc2)[C@H](C)[C@@](C)(OC)C[C@@H](C)C(=O)[C@H](C)[C@H]2N(CCCCN=[N+]=[N-])C(=O)O[C@]12C. The fourth-order valence-corrected chi connectivity index (χ4v) is 9.63. The van der Waals surface area contributed by atoms with Gasteiger partial charge in [0, 0.05) is 48.8 Å². The third-order valence-electron chi connectivity index (χ3n) is 13.5. The molecule has 0 radical (unpaired) electrons. The monoisotopic (exact) mass is 843 g/mol. The zero-order chi connectivity index (χ0) is 44.7. The summed E-state index contributed by atoms with van der Waals surface area (Å²) < 4.78 is 38.3. The van der Waals surface area contributed by atoms with Gasteiger partial charge in [0.15, 0.2) is 18.0 Å². The number of carbonyl (C=O) groups is 4. The molecule has 16 heteroatoms. The van der Waals surface area contributed by atoms with Crippen molar-refractivity contribution in [1.29, 1.82) is 0 Å². The van der Waals surface area contributed by atoms with Gasteiger partial charge in [-0.3, -0.25) is 9.59 Å². The highest BCUT2D eigenvalue weighted by Gasteiger charge is 2.60. The van der Waals surface area contributed by atoms with E-state index >= 15 is 0 Å². The number of aliphatic hydroxyl groups is 1. The summed E-state index contributed by atoms with van der Waals surface area (Å²) in [6, 6.07) is 7.58. The highest BCUT2D eigenvalue weighted by molar-refractivity contribution is 5.89. The predicted molar refractivity (Wildman–Crippen MR) is 223 cm³/mol. The van der Waals surface area contributed by atoms with E-state index in [-0.39, 0.29) is 43.9 Å². The minimum absolute atomic E-state index is 0.139. The number of ether oxygens (including phenoxy) is 6. The number of cyclic esters (lactones) is 1. The van der Waals surface area contributed by atoms with Gasteiger partial charge < -0.3 is 43.3 Å². The van der Waals surface area contributed by atoms with Crippen molar-refractivity contribution in [3.8, 4) is 0 Å². The van der Waals surface area contributed by atoms with E-state index in [9.17, 15) is 24.3 Å². The molecule has 0 spiro atoms. The number of aliphatic hydroxyl groups excluding tert-OH is 1. The first kappa shape index (κ1) is 48.9. The Balaban J connectivity index is 1.79. The van der Waals surface area contributed by atoms with Gasteiger partial charge in [0.05, 0.1) is 47.5 Å². The van der Waals surface area contributed by atoms with Gasteiger partial charge in [0.2, 0.25) is 0 Å². The molecule has 3 aliphatic rings. The molecule has 3 saturated heterocycles. The number of rotatable bonds is 12. The van der Waals surface area contributed by atoms with E-state index in [1.807, 2.05) is 59.7 Å². The lowest BCUT2D eigenvalue weighted by atomic mass is 9.71. The number of unbranched alkanes of at least 4 members (excludes halogenated alkanes) is 1. The van der Waals surface area contributed by atoms with Crippen LogP contribution in [0.1, 0.15) is 105 Å². The number of amides is 1. The Morgan fingerprint density at radius 2 is 1.70 bits per heavy atom. The van der Waals surface area contributed by atoms with E-state index in [0.29, 0.717) is 24.8 Å². The molecule has 0 aliphatic carbocycles. The number of benzene rings is 1. The molecular weight excluding hydrogens is 775 g/mol.